The molecule has 1 N–H and O–H groups in total. The lowest BCUT2D eigenvalue weighted by molar-refractivity contribution is -0.138. The Labute approximate surface area is 249 Å². The van der Waals surface area contributed by atoms with E-state index in [-0.39, 0.29) is 36.2 Å². The Hall–Kier alpha value is -4.19. The third-order valence-corrected chi connectivity index (χ3v) is 7.84. The fraction of sp³-hybridized carbons (Fsp3) is 0.483. The number of halogens is 6. The van der Waals surface area contributed by atoms with E-state index in [1.54, 1.807) is 11.0 Å². The molecule has 0 radical (unpaired) electrons. The molecule has 236 valence electrons. The summed E-state index contributed by atoms with van der Waals surface area (Å²) < 4.78 is 79.7. The largest absolute Gasteiger partial charge is 0.416 e. The fourth-order valence-corrected chi connectivity index (χ4v) is 5.50. The Morgan fingerprint density at radius 1 is 1.02 bits per heavy atom. The van der Waals surface area contributed by atoms with Crippen molar-refractivity contribution in [2.75, 3.05) is 24.5 Å². The van der Waals surface area contributed by atoms with Crippen LogP contribution in [-0.4, -0.2) is 63.2 Å². The van der Waals surface area contributed by atoms with E-state index in [4.69, 9.17) is 0 Å². The van der Waals surface area contributed by atoms with Gasteiger partial charge in [0.05, 0.1) is 17.5 Å². The van der Waals surface area contributed by atoms with Gasteiger partial charge in [-0.1, -0.05) is 26.0 Å². The van der Waals surface area contributed by atoms with Gasteiger partial charge >= 0.3 is 18.0 Å². The minimum absolute atomic E-state index is 0.121. The first-order valence-electron chi connectivity index (χ1n) is 14.0. The van der Waals surface area contributed by atoms with E-state index < -0.39 is 54.6 Å². The molecule has 2 aromatic heterocycles. The highest BCUT2D eigenvalue weighted by Crippen LogP contribution is 2.36. The Morgan fingerprint density at radius 2 is 1.68 bits per heavy atom. The zero-order valence-corrected chi connectivity index (χ0v) is 24.2. The molecule has 1 unspecified atom stereocenters. The number of carbonyl (C=O) groups excluding carboxylic acids is 1. The first-order valence-corrected chi connectivity index (χ1v) is 14.0. The number of piperazine rings is 1. The SMILES string of the molecule is CC[C@H]1CN(C(C(=O)NCCC(F)(F)F)c2ccc(C(F)(F)F)cc2)[C@H](CC)CN1c1nc(=O)n(C)c2ccc(C#N)nc12. The van der Waals surface area contributed by atoms with Gasteiger partial charge in [-0.2, -0.15) is 36.6 Å². The van der Waals surface area contributed by atoms with Crippen molar-refractivity contribution >= 4 is 22.8 Å². The van der Waals surface area contributed by atoms with Crippen LogP contribution in [0.1, 0.15) is 56.0 Å². The van der Waals surface area contributed by atoms with Crippen LogP contribution in [0.5, 0.6) is 0 Å². The summed E-state index contributed by atoms with van der Waals surface area (Å²) in [7, 11) is 1.53. The zero-order valence-electron chi connectivity index (χ0n) is 24.2. The third kappa shape index (κ3) is 6.96. The Bertz CT molecular complexity index is 1600. The number of carbonyl (C=O) groups is 1. The summed E-state index contributed by atoms with van der Waals surface area (Å²) in [4.78, 5) is 38.7. The maximum Gasteiger partial charge on any atom is 0.416 e. The van der Waals surface area contributed by atoms with E-state index in [2.05, 4.69) is 15.3 Å². The predicted octanol–water partition coefficient (Wildman–Crippen LogP) is 4.71. The number of nitriles is 1. The first-order chi connectivity index (χ1) is 20.7. The van der Waals surface area contributed by atoms with Crippen LogP contribution in [0.2, 0.25) is 0 Å². The molecule has 0 saturated carbocycles. The standard InChI is InChI=1S/C29H31F6N7O2/c1-4-20-16-42(25-23-22(40(3)27(44)39-25)11-10-19(14-36)38-23)21(5-2)15-41(20)24(26(43)37-13-12-28(30,31)32)17-6-8-18(9-7-17)29(33,34)35/h6-11,20-21,24H,4-5,12-13,15-16H2,1-3H3,(H,37,43)/t20-,21+,24?/m1/s1. The second kappa shape index (κ2) is 12.8. The van der Waals surface area contributed by atoms with Crippen LogP contribution in [0, 0.1) is 11.3 Å². The molecule has 1 aromatic carbocycles. The fourth-order valence-electron chi connectivity index (χ4n) is 5.50. The molecule has 15 heteroatoms. The maximum atomic E-state index is 13.5. The van der Waals surface area contributed by atoms with Crippen molar-refractivity contribution in [3.63, 3.8) is 0 Å². The van der Waals surface area contributed by atoms with Crippen molar-refractivity contribution in [2.24, 2.45) is 7.05 Å². The highest BCUT2D eigenvalue weighted by atomic mass is 19.4. The van der Waals surface area contributed by atoms with Gasteiger partial charge in [0.2, 0.25) is 5.91 Å². The topological polar surface area (TPSA) is 107 Å². The molecule has 3 aromatic rings. The van der Waals surface area contributed by atoms with Crippen LogP contribution in [-0.2, 0) is 18.0 Å². The van der Waals surface area contributed by atoms with Crippen LogP contribution in [0.3, 0.4) is 0 Å². The predicted molar refractivity (Wildman–Crippen MR) is 150 cm³/mol. The summed E-state index contributed by atoms with van der Waals surface area (Å²) in [6.45, 7) is 3.41. The second-order valence-corrected chi connectivity index (χ2v) is 10.6. The minimum Gasteiger partial charge on any atom is -0.354 e. The first kappa shape index (κ1) is 32.7. The van der Waals surface area contributed by atoms with Gasteiger partial charge in [0.25, 0.3) is 0 Å². The normalized spacial score (nSPS) is 18.7. The van der Waals surface area contributed by atoms with Crippen LogP contribution in [0.4, 0.5) is 32.2 Å². The second-order valence-electron chi connectivity index (χ2n) is 10.6. The van der Waals surface area contributed by atoms with Gasteiger partial charge in [-0.25, -0.2) is 9.78 Å². The maximum absolute atomic E-state index is 13.5. The van der Waals surface area contributed by atoms with E-state index in [9.17, 15) is 41.2 Å². The highest BCUT2D eigenvalue weighted by molar-refractivity contribution is 5.87. The number of hydrogen-bond donors (Lipinski definition) is 1. The number of aromatic nitrogens is 3. The van der Waals surface area contributed by atoms with Crippen LogP contribution >= 0.6 is 0 Å². The van der Waals surface area contributed by atoms with Gasteiger partial charge in [-0.15, -0.1) is 0 Å². The molecule has 3 heterocycles. The number of hydrogen-bond acceptors (Lipinski definition) is 7. The van der Waals surface area contributed by atoms with Gasteiger partial charge in [-0.05, 0) is 42.7 Å². The molecule has 4 rings (SSSR count). The number of benzene rings is 1. The lowest BCUT2D eigenvalue weighted by Gasteiger charge is -2.49. The molecule has 0 spiro atoms. The Morgan fingerprint density at radius 3 is 2.25 bits per heavy atom. The number of rotatable bonds is 8. The number of nitrogens with zero attached hydrogens (tertiary/aromatic N) is 6. The monoisotopic (exact) mass is 623 g/mol. The van der Waals surface area contributed by atoms with Crippen molar-refractivity contribution in [2.45, 2.75) is 63.6 Å². The molecular formula is C29H31F6N7O2. The summed E-state index contributed by atoms with van der Waals surface area (Å²) in [5, 5.41) is 11.8. The van der Waals surface area contributed by atoms with Gasteiger partial charge in [0.15, 0.2) is 5.82 Å². The van der Waals surface area contributed by atoms with E-state index in [0.29, 0.717) is 23.9 Å². The number of amides is 1. The minimum atomic E-state index is -4.62. The van der Waals surface area contributed by atoms with Crippen molar-refractivity contribution < 1.29 is 31.1 Å². The summed E-state index contributed by atoms with van der Waals surface area (Å²) in [6.07, 6.45) is -9.46. The molecule has 9 nitrogen and oxygen atoms in total. The molecule has 44 heavy (non-hydrogen) atoms. The van der Waals surface area contributed by atoms with E-state index in [1.807, 2.05) is 24.8 Å². The molecule has 0 aliphatic carbocycles. The van der Waals surface area contributed by atoms with Crippen molar-refractivity contribution in [3.8, 4) is 6.07 Å². The average Bonchev–Trinajstić information content (AvgIpc) is 2.97. The van der Waals surface area contributed by atoms with Crippen LogP contribution in [0.25, 0.3) is 11.0 Å². The van der Waals surface area contributed by atoms with E-state index in [0.717, 1.165) is 12.1 Å². The summed E-state index contributed by atoms with van der Waals surface area (Å²) >= 11 is 0. The molecular weight excluding hydrogens is 592 g/mol. The molecule has 1 amide bonds. The molecule has 1 aliphatic heterocycles. The van der Waals surface area contributed by atoms with Crippen molar-refractivity contribution in [1.82, 2.24) is 24.8 Å². The number of nitrogens with one attached hydrogen (secondary N) is 1. The number of fused-ring (bicyclic) bond motifs is 1. The number of aryl methyl sites for hydroxylation is 1. The quantitative estimate of drug-likeness (QED) is 0.363. The number of alkyl halides is 6. The summed E-state index contributed by atoms with van der Waals surface area (Å²) in [5.74, 6) is -0.515. The number of pyridine rings is 1. The van der Waals surface area contributed by atoms with E-state index in [1.165, 1.54) is 29.8 Å². The molecule has 1 aliphatic rings. The average molecular weight is 624 g/mol. The molecule has 1 saturated heterocycles. The Kier molecular flexibility index (Phi) is 9.53. The van der Waals surface area contributed by atoms with E-state index >= 15 is 0 Å². The van der Waals surface area contributed by atoms with Crippen LogP contribution < -0.4 is 15.9 Å². The Balaban J connectivity index is 1.76. The van der Waals surface area contributed by atoms with Crippen molar-refractivity contribution in [3.05, 3.63) is 63.7 Å². The number of anilines is 1. The lowest BCUT2D eigenvalue weighted by Crippen LogP contribution is -2.61. The zero-order chi connectivity index (χ0) is 32.4. The molecule has 0 bridgehead atoms. The third-order valence-electron chi connectivity index (χ3n) is 7.84. The van der Waals surface area contributed by atoms with Gasteiger partial charge in [0.1, 0.15) is 23.3 Å². The summed E-state index contributed by atoms with van der Waals surface area (Å²) in [5.41, 5.74) is -0.365. The highest BCUT2D eigenvalue weighted by Gasteiger charge is 2.41. The lowest BCUT2D eigenvalue weighted by atomic mass is 9.95. The molecule has 3 atom stereocenters. The summed E-state index contributed by atoms with van der Waals surface area (Å²) in [6, 6.07) is 7.09. The molecule has 1 fully saturated rings. The van der Waals surface area contributed by atoms with Gasteiger partial charge < -0.3 is 10.2 Å². The van der Waals surface area contributed by atoms with Gasteiger partial charge in [-0.3, -0.25) is 14.3 Å². The smallest absolute Gasteiger partial charge is 0.354 e. The van der Waals surface area contributed by atoms with Gasteiger partial charge in [0, 0.05) is 38.8 Å². The van der Waals surface area contributed by atoms with Crippen LogP contribution in [0.15, 0.2) is 41.2 Å². The van der Waals surface area contributed by atoms with Crippen molar-refractivity contribution in [1.29, 1.82) is 5.26 Å².